The SMILES string of the molecule is C/C=C/c1ccc(OCC(=O)NC2CC3CCC(C2)N3)c(OC)c1.Cl. The van der Waals surface area contributed by atoms with E-state index in [9.17, 15) is 4.79 Å². The van der Waals surface area contributed by atoms with Gasteiger partial charge in [-0.3, -0.25) is 4.79 Å². The highest BCUT2D eigenvalue weighted by Crippen LogP contribution is 2.29. The van der Waals surface area contributed by atoms with Gasteiger partial charge in [-0.1, -0.05) is 18.2 Å². The number of hydrogen-bond donors (Lipinski definition) is 2. The second kappa shape index (κ2) is 9.11. The molecule has 0 saturated carbocycles. The van der Waals surface area contributed by atoms with Gasteiger partial charge in [-0.25, -0.2) is 0 Å². The Morgan fingerprint density at radius 1 is 1.28 bits per heavy atom. The third kappa shape index (κ3) is 5.13. The van der Waals surface area contributed by atoms with Crippen molar-refractivity contribution in [2.24, 2.45) is 0 Å². The molecule has 25 heavy (non-hydrogen) atoms. The van der Waals surface area contributed by atoms with Gasteiger partial charge in [-0.05, 0) is 50.3 Å². The van der Waals surface area contributed by atoms with Gasteiger partial charge in [-0.2, -0.15) is 0 Å². The van der Waals surface area contributed by atoms with E-state index in [0.717, 1.165) is 18.4 Å². The van der Waals surface area contributed by atoms with Crippen molar-refractivity contribution < 1.29 is 14.3 Å². The smallest absolute Gasteiger partial charge is 0.258 e. The number of ether oxygens (including phenoxy) is 2. The zero-order valence-electron chi connectivity index (χ0n) is 14.8. The molecule has 2 atom stereocenters. The Labute approximate surface area is 155 Å². The van der Waals surface area contributed by atoms with Crippen LogP contribution in [-0.4, -0.2) is 37.7 Å². The number of carbonyl (C=O) groups excluding carboxylic acids is 1. The summed E-state index contributed by atoms with van der Waals surface area (Å²) in [5.74, 6) is 1.16. The number of fused-ring (bicyclic) bond motifs is 2. The number of rotatable bonds is 6. The van der Waals surface area contributed by atoms with E-state index >= 15 is 0 Å². The highest BCUT2D eigenvalue weighted by molar-refractivity contribution is 5.85. The average molecular weight is 367 g/mol. The summed E-state index contributed by atoms with van der Waals surface area (Å²) >= 11 is 0. The number of halogens is 1. The Bertz CT molecular complexity index is 609. The molecule has 138 valence electrons. The molecule has 2 heterocycles. The monoisotopic (exact) mass is 366 g/mol. The average Bonchev–Trinajstić information content (AvgIpc) is 2.92. The Hall–Kier alpha value is -1.72. The van der Waals surface area contributed by atoms with Crippen LogP contribution in [0.1, 0.15) is 38.2 Å². The molecule has 0 aromatic heterocycles. The summed E-state index contributed by atoms with van der Waals surface area (Å²) in [5.41, 5.74) is 1.04. The van der Waals surface area contributed by atoms with Crippen LogP contribution in [0.25, 0.3) is 6.08 Å². The van der Waals surface area contributed by atoms with Gasteiger partial charge in [0.25, 0.3) is 5.91 Å². The van der Waals surface area contributed by atoms with E-state index in [-0.39, 0.29) is 31.0 Å². The number of methoxy groups -OCH3 is 1. The number of carbonyl (C=O) groups is 1. The number of benzene rings is 1. The maximum Gasteiger partial charge on any atom is 0.258 e. The van der Waals surface area contributed by atoms with Gasteiger partial charge in [0.05, 0.1) is 7.11 Å². The largest absolute Gasteiger partial charge is 0.493 e. The van der Waals surface area contributed by atoms with Gasteiger partial charge in [-0.15, -0.1) is 12.4 Å². The standard InChI is InChI=1S/C19H26N2O3.ClH/c1-3-4-13-5-8-17(18(9-13)23-2)24-12-19(22)21-16-10-14-6-7-15(11-16)20-14;/h3-5,8-9,14-16,20H,6-7,10-12H2,1-2H3,(H,21,22);1H/b4-3+;. The first-order valence-corrected chi connectivity index (χ1v) is 8.67. The molecule has 2 bridgehead atoms. The van der Waals surface area contributed by atoms with Crippen molar-refractivity contribution in [1.29, 1.82) is 0 Å². The van der Waals surface area contributed by atoms with Gasteiger partial charge >= 0.3 is 0 Å². The van der Waals surface area contributed by atoms with E-state index < -0.39 is 0 Å². The first-order chi connectivity index (χ1) is 11.7. The van der Waals surface area contributed by atoms with Crippen molar-refractivity contribution in [1.82, 2.24) is 10.6 Å². The zero-order valence-corrected chi connectivity index (χ0v) is 15.6. The lowest BCUT2D eigenvalue weighted by molar-refractivity contribution is -0.124. The molecule has 0 radical (unpaired) electrons. The van der Waals surface area contributed by atoms with E-state index in [1.165, 1.54) is 12.8 Å². The quantitative estimate of drug-likeness (QED) is 0.812. The Morgan fingerprint density at radius 2 is 2.00 bits per heavy atom. The molecule has 1 aromatic rings. The molecule has 2 unspecified atom stereocenters. The van der Waals surface area contributed by atoms with Gasteiger partial charge in [0.2, 0.25) is 0 Å². The summed E-state index contributed by atoms with van der Waals surface area (Å²) in [6.07, 6.45) is 8.44. The fourth-order valence-electron chi connectivity index (χ4n) is 3.69. The number of piperidine rings is 1. The van der Waals surface area contributed by atoms with Crippen LogP contribution in [-0.2, 0) is 4.79 Å². The fraction of sp³-hybridized carbons (Fsp3) is 0.526. The number of nitrogens with one attached hydrogen (secondary N) is 2. The molecule has 2 aliphatic heterocycles. The van der Waals surface area contributed by atoms with Crippen molar-refractivity contribution >= 4 is 24.4 Å². The van der Waals surface area contributed by atoms with Crippen LogP contribution in [0.15, 0.2) is 24.3 Å². The Kier molecular flexibility index (Phi) is 7.14. The van der Waals surface area contributed by atoms with E-state index in [1.807, 2.05) is 37.3 Å². The lowest BCUT2D eigenvalue weighted by Gasteiger charge is -2.29. The predicted molar refractivity (Wildman–Crippen MR) is 102 cm³/mol. The number of allylic oxidation sites excluding steroid dienone is 1. The summed E-state index contributed by atoms with van der Waals surface area (Å²) < 4.78 is 11.0. The molecule has 0 aliphatic carbocycles. The maximum absolute atomic E-state index is 12.2. The lowest BCUT2D eigenvalue weighted by atomic mass is 10.00. The molecular formula is C19H27ClN2O3. The molecule has 2 saturated heterocycles. The van der Waals surface area contributed by atoms with Crippen molar-refractivity contribution in [3.05, 3.63) is 29.8 Å². The Morgan fingerprint density at radius 3 is 2.64 bits per heavy atom. The van der Waals surface area contributed by atoms with Crippen LogP contribution in [0.4, 0.5) is 0 Å². The van der Waals surface area contributed by atoms with E-state index in [2.05, 4.69) is 10.6 Å². The van der Waals surface area contributed by atoms with Crippen LogP contribution in [0.3, 0.4) is 0 Å². The van der Waals surface area contributed by atoms with Crippen LogP contribution in [0.2, 0.25) is 0 Å². The lowest BCUT2D eigenvalue weighted by Crippen LogP contribution is -2.48. The summed E-state index contributed by atoms with van der Waals surface area (Å²) in [5, 5.41) is 6.68. The van der Waals surface area contributed by atoms with Crippen molar-refractivity contribution in [3.63, 3.8) is 0 Å². The maximum atomic E-state index is 12.2. The van der Waals surface area contributed by atoms with Crippen LogP contribution in [0.5, 0.6) is 11.5 Å². The molecule has 2 aliphatic rings. The topological polar surface area (TPSA) is 59.6 Å². The van der Waals surface area contributed by atoms with Crippen LogP contribution < -0.4 is 20.1 Å². The van der Waals surface area contributed by atoms with E-state index in [1.54, 1.807) is 7.11 Å². The third-order valence-corrected chi connectivity index (χ3v) is 4.74. The molecule has 2 fully saturated rings. The minimum atomic E-state index is -0.0686. The van der Waals surface area contributed by atoms with E-state index in [4.69, 9.17) is 9.47 Å². The second-order valence-corrected chi connectivity index (χ2v) is 6.57. The summed E-state index contributed by atoms with van der Waals surface area (Å²) in [7, 11) is 1.60. The molecular weight excluding hydrogens is 340 g/mol. The molecule has 3 rings (SSSR count). The molecule has 6 heteroatoms. The normalized spacial score (nSPS) is 24.6. The minimum Gasteiger partial charge on any atom is -0.493 e. The minimum absolute atomic E-state index is 0. The third-order valence-electron chi connectivity index (χ3n) is 4.74. The molecule has 0 spiro atoms. The van der Waals surface area contributed by atoms with Gasteiger partial charge in [0.1, 0.15) is 0 Å². The molecule has 5 nitrogen and oxygen atoms in total. The summed E-state index contributed by atoms with van der Waals surface area (Å²) in [6.45, 7) is 1.98. The molecule has 1 aromatic carbocycles. The summed E-state index contributed by atoms with van der Waals surface area (Å²) in [6, 6.07) is 7.08. The highest BCUT2D eigenvalue weighted by atomic mass is 35.5. The van der Waals surface area contributed by atoms with Crippen molar-refractivity contribution in [3.8, 4) is 11.5 Å². The first kappa shape index (κ1) is 19.6. The highest BCUT2D eigenvalue weighted by Gasteiger charge is 2.33. The van der Waals surface area contributed by atoms with E-state index in [0.29, 0.717) is 23.6 Å². The van der Waals surface area contributed by atoms with Crippen molar-refractivity contribution in [2.45, 2.75) is 50.7 Å². The Balaban J connectivity index is 0.00000225. The zero-order chi connectivity index (χ0) is 16.9. The summed E-state index contributed by atoms with van der Waals surface area (Å²) in [4.78, 5) is 12.2. The van der Waals surface area contributed by atoms with Crippen LogP contribution >= 0.6 is 12.4 Å². The van der Waals surface area contributed by atoms with Crippen LogP contribution in [0, 0.1) is 0 Å². The second-order valence-electron chi connectivity index (χ2n) is 6.57. The predicted octanol–water partition coefficient (Wildman–Crippen LogP) is 2.93. The van der Waals surface area contributed by atoms with Gasteiger partial charge in [0.15, 0.2) is 18.1 Å². The van der Waals surface area contributed by atoms with Gasteiger partial charge < -0.3 is 20.1 Å². The molecule has 1 amide bonds. The number of amides is 1. The fourth-order valence-corrected chi connectivity index (χ4v) is 3.69. The van der Waals surface area contributed by atoms with Gasteiger partial charge in [0, 0.05) is 18.1 Å². The van der Waals surface area contributed by atoms with Crippen molar-refractivity contribution in [2.75, 3.05) is 13.7 Å². The first-order valence-electron chi connectivity index (χ1n) is 8.67. The number of hydrogen-bond acceptors (Lipinski definition) is 4. The molecule has 2 N–H and O–H groups in total.